The molecule has 3 rings (SSSR count). The van der Waals surface area contributed by atoms with Crippen LogP contribution in [0.3, 0.4) is 0 Å². The Hall–Kier alpha value is -2.60. The van der Waals surface area contributed by atoms with E-state index in [4.69, 9.17) is 9.15 Å². The van der Waals surface area contributed by atoms with E-state index in [1.807, 2.05) is 49.6 Å². The van der Waals surface area contributed by atoms with E-state index in [2.05, 4.69) is 17.2 Å². The Balaban J connectivity index is 1.66. The molecule has 0 aliphatic rings. The van der Waals surface area contributed by atoms with Crippen molar-refractivity contribution in [3.05, 3.63) is 52.7 Å². The number of thiophene rings is 1. The highest BCUT2D eigenvalue weighted by Gasteiger charge is 2.16. The maximum absolute atomic E-state index is 12.4. The number of nitrogens with one attached hydrogen (secondary N) is 1. The van der Waals surface area contributed by atoms with E-state index < -0.39 is 0 Å². The first-order valence-corrected chi connectivity index (χ1v) is 9.48. The molecule has 6 heteroatoms. The minimum atomic E-state index is -0.121. The molecule has 0 saturated heterocycles. The molecule has 3 aromatic rings. The average Bonchev–Trinajstić information content (AvgIpc) is 3.26. The summed E-state index contributed by atoms with van der Waals surface area (Å²) >= 11 is 1.56. The molecule has 0 fully saturated rings. The largest absolute Gasteiger partial charge is 0.494 e. The van der Waals surface area contributed by atoms with E-state index in [-0.39, 0.29) is 12.3 Å². The van der Waals surface area contributed by atoms with Gasteiger partial charge in [-0.1, -0.05) is 13.0 Å². The molecule has 0 saturated carbocycles. The van der Waals surface area contributed by atoms with Crippen molar-refractivity contribution in [2.75, 3.05) is 11.9 Å². The topological polar surface area (TPSA) is 64.4 Å². The molecule has 26 heavy (non-hydrogen) atoms. The molecule has 0 aliphatic heterocycles. The quantitative estimate of drug-likeness (QED) is 0.636. The van der Waals surface area contributed by atoms with Gasteiger partial charge in [0.15, 0.2) is 0 Å². The van der Waals surface area contributed by atoms with E-state index in [1.54, 1.807) is 11.3 Å². The fraction of sp³-hybridized carbons (Fsp3) is 0.300. The SMILES string of the molecule is CCCOc1ccc(NC(=O)Cc2nc(-c3cccs3)oc2C)c(C)c1. The molecule has 1 amide bonds. The fourth-order valence-electron chi connectivity index (χ4n) is 2.53. The van der Waals surface area contributed by atoms with E-state index in [1.165, 1.54) is 0 Å². The van der Waals surface area contributed by atoms with Crippen LogP contribution >= 0.6 is 11.3 Å². The molecular formula is C20H22N2O3S. The van der Waals surface area contributed by atoms with E-state index in [0.29, 0.717) is 24.0 Å². The number of carbonyl (C=O) groups is 1. The summed E-state index contributed by atoms with van der Waals surface area (Å²) in [4.78, 5) is 17.8. The molecular weight excluding hydrogens is 348 g/mol. The molecule has 0 bridgehead atoms. The number of hydrogen-bond acceptors (Lipinski definition) is 5. The van der Waals surface area contributed by atoms with E-state index in [9.17, 15) is 4.79 Å². The van der Waals surface area contributed by atoms with Gasteiger partial charge in [-0.15, -0.1) is 11.3 Å². The number of nitrogens with zero attached hydrogens (tertiary/aromatic N) is 1. The summed E-state index contributed by atoms with van der Waals surface area (Å²) in [6.45, 7) is 6.53. The number of rotatable bonds is 7. The van der Waals surface area contributed by atoms with Gasteiger partial charge in [-0.2, -0.15) is 0 Å². The number of carbonyl (C=O) groups excluding carboxylic acids is 1. The van der Waals surface area contributed by atoms with Crippen LogP contribution in [0.15, 0.2) is 40.1 Å². The molecule has 0 atom stereocenters. The van der Waals surface area contributed by atoms with Gasteiger partial charge in [-0.3, -0.25) is 4.79 Å². The minimum absolute atomic E-state index is 0.121. The van der Waals surface area contributed by atoms with E-state index >= 15 is 0 Å². The lowest BCUT2D eigenvalue weighted by Crippen LogP contribution is -2.16. The monoisotopic (exact) mass is 370 g/mol. The lowest BCUT2D eigenvalue weighted by molar-refractivity contribution is -0.115. The van der Waals surface area contributed by atoms with Crippen LogP contribution < -0.4 is 10.1 Å². The van der Waals surface area contributed by atoms with Gasteiger partial charge in [-0.05, 0) is 55.5 Å². The molecule has 136 valence electrons. The third-order valence-corrected chi connectivity index (χ3v) is 4.76. The van der Waals surface area contributed by atoms with E-state index in [0.717, 1.165) is 28.3 Å². The molecule has 0 radical (unpaired) electrons. The first-order valence-electron chi connectivity index (χ1n) is 8.60. The third kappa shape index (κ3) is 4.32. The van der Waals surface area contributed by atoms with Gasteiger partial charge < -0.3 is 14.5 Å². The maximum Gasteiger partial charge on any atom is 0.236 e. The maximum atomic E-state index is 12.4. The number of oxazole rings is 1. The molecule has 1 N–H and O–H groups in total. The van der Waals surface area contributed by atoms with Crippen molar-refractivity contribution in [2.45, 2.75) is 33.6 Å². The van der Waals surface area contributed by atoms with Gasteiger partial charge in [-0.25, -0.2) is 4.98 Å². The molecule has 5 nitrogen and oxygen atoms in total. The molecule has 2 aromatic heterocycles. The average molecular weight is 370 g/mol. The fourth-order valence-corrected chi connectivity index (χ4v) is 3.18. The molecule has 0 unspecified atom stereocenters. The lowest BCUT2D eigenvalue weighted by atomic mass is 10.1. The first kappa shape index (κ1) is 18.2. The third-order valence-electron chi connectivity index (χ3n) is 3.90. The summed E-state index contributed by atoms with van der Waals surface area (Å²) < 4.78 is 11.3. The van der Waals surface area contributed by atoms with Crippen LogP contribution in [0.4, 0.5) is 5.69 Å². The van der Waals surface area contributed by atoms with Crippen LogP contribution in [0, 0.1) is 13.8 Å². The number of anilines is 1. The summed E-state index contributed by atoms with van der Waals surface area (Å²) in [5.74, 6) is 1.93. The zero-order chi connectivity index (χ0) is 18.5. The number of hydrogen-bond donors (Lipinski definition) is 1. The highest BCUT2D eigenvalue weighted by molar-refractivity contribution is 7.13. The summed E-state index contributed by atoms with van der Waals surface area (Å²) in [7, 11) is 0. The Kier molecular flexibility index (Phi) is 5.73. The van der Waals surface area contributed by atoms with Crippen LogP contribution in [0.5, 0.6) is 5.75 Å². The van der Waals surface area contributed by atoms with Crippen molar-refractivity contribution in [3.8, 4) is 16.5 Å². The van der Waals surface area contributed by atoms with Gasteiger partial charge in [0.25, 0.3) is 0 Å². The zero-order valence-corrected chi connectivity index (χ0v) is 16.0. The Morgan fingerprint density at radius 2 is 2.15 bits per heavy atom. The smallest absolute Gasteiger partial charge is 0.236 e. The molecule has 2 heterocycles. The number of aromatic nitrogens is 1. The lowest BCUT2D eigenvalue weighted by Gasteiger charge is -2.10. The number of ether oxygens (including phenoxy) is 1. The molecule has 0 spiro atoms. The van der Waals surface area contributed by atoms with Crippen LogP contribution in [0.25, 0.3) is 10.8 Å². The summed E-state index contributed by atoms with van der Waals surface area (Å²) in [5, 5.41) is 4.91. The van der Waals surface area contributed by atoms with Crippen molar-refractivity contribution in [1.82, 2.24) is 4.98 Å². The van der Waals surface area contributed by atoms with Gasteiger partial charge in [0.1, 0.15) is 11.5 Å². The number of amides is 1. The predicted octanol–water partition coefficient (Wildman–Crippen LogP) is 4.99. The van der Waals surface area contributed by atoms with Crippen LogP contribution in [0.1, 0.15) is 30.4 Å². The Morgan fingerprint density at radius 3 is 2.85 bits per heavy atom. The van der Waals surface area contributed by atoms with Crippen molar-refractivity contribution < 1.29 is 13.9 Å². The van der Waals surface area contributed by atoms with Crippen LogP contribution in [0.2, 0.25) is 0 Å². The summed E-state index contributed by atoms with van der Waals surface area (Å²) in [6.07, 6.45) is 1.14. The highest BCUT2D eigenvalue weighted by atomic mass is 32.1. The Morgan fingerprint density at radius 1 is 1.31 bits per heavy atom. The second-order valence-electron chi connectivity index (χ2n) is 6.05. The number of benzene rings is 1. The molecule has 0 aliphatic carbocycles. The predicted molar refractivity (Wildman–Crippen MR) is 104 cm³/mol. The van der Waals surface area contributed by atoms with Gasteiger partial charge in [0.05, 0.1) is 23.6 Å². The van der Waals surface area contributed by atoms with Crippen molar-refractivity contribution in [1.29, 1.82) is 0 Å². The highest BCUT2D eigenvalue weighted by Crippen LogP contribution is 2.26. The Bertz CT molecular complexity index is 885. The van der Waals surface area contributed by atoms with Gasteiger partial charge in [0.2, 0.25) is 11.8 Å². The zero-order valence-electron chi connectivity index (χ0n) is 15.2. The summed E-state index contributed by atoms with van der Waals surface area (Å²) in [5.41, 5.74) is 2.40. The normalized spacial score (nSPS) is 10.7. The van der Waals surface area contributed by atoms with Crippen LogP contribution in [-0.2, 0) is 11.2 Å². The standard InChI is InChI=1S/C20H22N2O3S/c1-4-9-24-15-7-8-16(13(2)11-15)21-19(23)12-17-14(3)25-20(22-17)18-6-5-10-26-18/h5-8,10-11H,4,9,12H2,1-3H3,(H,21,23). The first-order chi connectivity index (χ1) is 12.6. The van der Waals surface area contributed by atoms with Gasteiger partial charge >= 0.3 is 0 Å². The second-order valence-corrected chi connectivity index (χ2v) is 7.00. The minimum Gasteiger partial charge on any atom is -0.494 e. The second kappa shape index (κ2) is 8.19. The summed E-state index contributed by atoms with van der Waals surface area (Å²) in [6, 6.07) is 9.56. The van der Waals surface area contributed by atoms with Gasteiger partial charge in [0, 0.05) is 5.69 Å². The Labute approximate surface area is 157 Å². The van der Waals surface area contributed by atoms with Crippen molar-refractivity contribution in [3.63, 3.8) is 0 Å². The van der Waals surface area contributed by atoms with Crippen molar-refractivity contribution in [2.24, 2.45) is 0 Å². The van der Waals surface area contributed by atoms with Crippen molar-refractivity contribution >= 4 is 22.9 Å². The van der Waals surface area contributed by atoms with Crippen LogP contribution in [-0.4, -0.2) is 17.5 Å². The number of aryl methyl sites for hydroxylation is 2. The molecule has 1 aromatic carbocycles.